The maximum Gasteiger partial charge on any atom is 0.213 e. The number of benzene rings is 2. The zero-order valence-electron chi connectivity index (χ0n) is 20.5. The average Bonchev–Trinajstić information content (AvgIpc) is 2.86. The van der Waals surface area contributed by atoms with E-state index in [1.165, 1.54) is 0 Å². The minimum Gasteiger partial charge on any atom is -0.491 e. The summed E-state index contributed by atoms with van der Waals surface area (Å²) < 4.78 is 29.6. The maximum absolute atomic E-state index is 12.5. The molecule has 0 aliphatic rings. The van der Waals surface area contributed by atoms with Gasteiger partial charge in [-0.25, -0.2) is 9.37 Å². The predicted molar refractivity (Wildman–Crippen MR) is 133 cm³/mol. The quantitative estimate of drug-likeness (QED) is 0.352. The molecule has 3 aromatic rings. The van der Waals surface area contributed by atoms with Gasteiger partial charge in [0.15, 0.2) is 0 Å². The molecule has 0 bridgehead atoms. The first-order valence-corrected chi connectivity index (χ1v) is 11.8. The van der Waals surface area contributed by atoms with Crippen LogP contribution in [0, 0.1) is 13.8 Å². The van der Waals surface area contributed by atoms with Crippen molar-refractivity contribution in [1.82, 2.24) is 4.98 Å². The van der Waals surface area contributed by atoms with Gasteiger partial charge in [-0.3, -0.25) is 0 Å². The normalized spacial score (nSPS) is 12.9. The van der Waals surface area contributed by atoms with Gasteiger partial charge in [-0.15, -0.1) is 0 Å². The molecule has 1 heterocycles. The number of ether oxygens (including phenoxy) is 3. The molecule has 0 spiro atoms. The van der Waals surface area contributed by atoms with Crippen molar-refractivity contribution < 1.29 is 28.8 Å². The van der Waals surface area contributed by atoms with Gasteiger partial charge in [0, 0.05) is 31.9 Å². The van der Waals surface area contributed by atoms with E-state index in [0.29, 0.717) is 31.3 Å². The molecule has 0 unspecified atom stereocenters. The molecule has 3 rings (SSSR count). The van der Waals surface area contributed by atoms with Gasteiger partial charge in [-0.1, -0.05) is 18.2 Å². The van der Waals surface area contributed by atoms with Gasteiger partial charge in [0.2, 0.25) is 5.88 Å². The van der Waals surface area contributed by atoms with Gasteiger partial charge in [0.25, 0.3) is 0 Å². The Balaban J connectivity index is 1.68. The van der Waals surface area contributed by atoms with E-state index in [9.17, 15) is 14.6 Å². The molecule has 0 aliphatic heterocycles. The van der Waals surface area contributed by atoms with E-state index < -0.39 is 12.8 Å². The molecule has 6 nitrogen and oxygen atoms in total. The fraction of sp³-hybridized carbons (Fsp3) is 0.393. The number of aliphatic hydroxyl groups excluding tert-OH is 2. The second kappa shape index (κ2) is 13.2. The van der Waals surface area contributed by atoms with Gasteiger partial charge in [-0.2, -0.15) is 0 Å². The van der Waals surface area contributed by atoms with Gasteiger partial charge >= 0.3 is 0 Å². The van der Waals surface area contributed by atoms with Crippen molar-refractivity contribution in [3.05, 3.63) is 77.0 Å². The molecule has 1 aromatic heterocycles. The first-order chi connectivity index (χ1) is 16.9. The molecule has 2 N–H and O–H groups in total. The highest BCUT2D eigenvalue weighted by Crippen LogP contribution is 2.32. The van der Waals surface area contributed by atoms with Gasteiger partial charge in [0.1, 0.15) is 31.7 Å². The Labute approximate surface area is 206 Å². The standard InChI is InChI=1S/C28H34FNO5/c1-4-33-26(10-11-31)23-8-9-27(30-16-23)35-17-21-6-5-7-22(14-21)28-19(2)12-25(13-20(28)3)34-18-24(32)15-29/h5-9,12-14,16,24,26,31-32H,4,10-11,15,17-18H2,1-3H3/t24-,26+/m1/s1. The molecule has 2 atom stereocenters. The number of aliphatic hydroxyl groups is 2. The molecule has 0 aliphatic carbocycles. The first kappa shape index (κ1) is 26.6. The number of hydrogen-bond acceptors (Lipinski definition) is 6. The molecule has 2 aromatic carbocycles. The summed E-state index contributed by atoms with van der Waals surface area (Å²) in [4.78, 5) is 4.39. The Hall–Kier alpha value is -3.00. The van der Waals surface area contributed by atoms with Crippen molar-refractivity contribution in [2.45, 2.75) is 46.0 Å². The molecular weight excluding hydrogens is 449 g/mol. The third kappa shape index (κ3) is 7.49. The fourth-order valence-corrected chi connectivity index (χ4v) is 4.01. The number of alkyl halides is 1. The average molecular weight is 484 g/mol. The van der Waals surface area contributed by atoms with Crippen molar-refractivity contribution in [2.24, 2.45) is 0 Å². The van der Waals surface area contributed by atoms with Crippen LogP contribution in [-0.2, 0) is 11.3 Å². The summed E-state index contributed by atoms with van der Waals surface area (Å²) in [5.41, 5.74) is 6.12. The zero-order valence-corrected chi connectivity index (χ0v) is 20.5. The molecule has 0 radical (unpaired) electrons. The minimum absolute atomic E-state index is 0.0518. The van der Waals surface area contributed by atoms with Crippen LogP contribution in [0.15, 0.2) is 54.7 Å². The summed E-state index contributed by atoms with van der Waals surface area (Å²) in [7, 11) is 0. The van der Waals surface area contributed by atoms with Crippen molar-refractivity contribution in [2.75, 3.05) is 26.5 Å². The highest BCUT2D eigenvalue weighted by atomic mass is 19.1. The van der Waals surface area contributed by atoms with Crippen LogP contribution in [0.5, 0.6) is 11.6 Å². The summed E-state index contributed by atoms with van der Waals surface area (Å²) in [6.45, 7) is 6.00. The molecular formula is C28H34FNO5. The van der Waals surface area contributed by atoms with Crippen molar-refractivity contribution in [3.8, 4) is 22.8 Å². The van der Waals surface area contributed by atoms with Crippen LogP contribution in [0.2, 0.25) is 0 Å². The molecule has 0 fully saturated rings. The van der Waals surface area contributed by atoms with Crippen molar-refractivity contribution in [1.29, 1.82) is 0 Å². The number of aryl methyl sites for hydroxylation is 2. The van der Waals surface area contributed by atoms with E-state index in [-0.39, 0.29) is 19.3 Å². The third-order valence-electron chi connectivity index (χ3n) is 5.62. The lowest BCUT2D eigenvalue weighted by molar-refractivity contribution is 0.0429. The summed E-state index contributed by atoms with van der Waals surface area (Å²) in [6, 6.07) is 15.7. The van der Waals surface area contributed by atoms with E-state index in [2.05, 4.69) is 11.1 Å². The molecule has 0 saturated heterocycles. The van der Waals surface area contributed by atoms with E-state index >= 15 is 0 Å². The molecule has 188 valence electrons. The van der Waals surface area contributed by atoms with Crippen LogP contribution in [0.4, 0.5) is 4.39 Å². The lowest BCUT2D eigenvalue weighted by Crippen LogP contribution is -2.19. The Kier molecular flexibility index (Phi) is 10.0. The summed E-state index contributed by atoms with van der Waals surface area (Å²) in [5, 5.41) is 18.6. The lowest BCUT2D eigenvalue weighted by Gasteiger charge is -2.16. The van der Waals surface area contributed by atoms with Gasteiger partial charge in [0.05, 0.1) is 6.10 Å². The van der Waals surface area contributed by atoms with Gasteiger partial charge < -0.3 is 24.4 Å². The third-order valence-corrected chi connectivity index (χ3v) is 5.62. The molecule has 7 heteroatoms. The monoisotopic (exact) mass is 483 g/mol. The molecule has 0 amide bonds. The van der Waals surface area contributed by atoms with Crippen LogP contribution in [0.1, 0.15) is 41.7 Å². The zero-order chi connectivity index (χ0) is 25.2. The topological polar surface area (TPSA) is 81.0 Å². The Morgan fingerprint density at radius 2 is 1.80 bits per heavy atom. The first-order valence-electron chi connectivity index (χ1n) is 11.8. The molecule has 35 heavy (non-hydrogen) atoms. The summed E-state index contributed by atoms with van der Waals surface area (Å²) in [5.74, 6) is 1.12. The Morgan fingerprint density at radius 3 is 2.43 bits per heavy atom. The van der Waals surface area contributed by atoms with E-state index in [1.807, 2.05) is 63.2 Å². The Morgan fingerprint density at radius 1 is 1.03 bits per heavy atom. The van der Waals surface area contributed by atoms with Crippen LogP contribution >= 0.6 is 0 Å². The maximum atomic E-state index is 12.5. The number of pyridine rings is 1. The van der Waals surface area contributed by atoms with E-state index in [1.54, 1.807) is 6.20 Å². The Bertz CT molecular complexity index is 1040. The van der Waals surface area contributed by atoms with E-state index in [0.717, 1.165) is 33.4 Å². The summed E-state index contributed by atoms with van der Waals surface area (Å²) in [6.07, 6.45) is 0.947. The second-order valence-electron chi connectivity index (χ2n) is 8.43. The van der Waals surface area contributed by atoms with Crippen LogP contribution < -0.4 is 9.47 Å². The number of aromatic nitrogens is 1. The van der Waals surface area contributed by atoms with Gasteiger partial charge in [-0.05, 0) is 78.4 Å². The smallest absolute Gasteiger partial charge is 0.213 e. The minimum atomic E-state index is -1.12. The number of nitrogens with zero attached hydrogens (tertiary/aromatic N) is 1. The van der Waals surface area contributed by atoms with Crippen molar-refractivity contribution in [3.63, 3.8) is 0 Å². The van der Waals surface area contributed by atoms with Crippen molar-refractivity contribution >= 4 is 0 Å². The van der Waals surface area contributed by atoms with Crippen LogP contribution in [-0.4, -0.2) is 47.8 Å². The van der Waals surface area contributed by atoms with Crippen LogP contribution in [0.3, 0.4) is 0 Å². The van der Waals surface area contributed by atoms with E-state index in [4.69, 9.17) is 14.2 Å². The number of halogens is 1. The highest BCUT2D eigenvalue weighted by molar-refractivity contribution is 5.72. The second-order valence-corrected chi connectivity index (χ2v) is 8.43. The SMILES string of the molecule is CCO[C@@H](CCO)c1ccc(OCc2cccc(-c3c(C)cc(OC[C@H](O)CF)cc3C)c2)nc1. The number of hydrogen-bond donors (Lipinski definition) is 2. The fourth-order valence-electron chi connectivity index (χ4n) is 4.01. The lowest BCUT2D eigenvalue weighted by atomic mass is 9.94. The van der Waals surface area contributed by atoms with Crippen LogP contribution in [0.25, 0.3) is 11.1 Å². The summed E-state index contributed by atoms with van der Waals surface area (Å²) >= 11 is 0. The highest BCUT2D eigenvalue weighted by Gasteiger charge is 2.13. The molecule has 0 saturated carbocycles. The predicted octanol–water partition coefficient (Wildman–Crippen LogP) is 5.11. The number of rotatable bonds is 13. The largest absolute Gasteiger partial charge is 0.491 e.